The van der Waals surface area contributed by atoms with Crippen LogP contribution in [0.25, 0.3) is 0 Å². The molecule has 1 saturated heterocycles. The lowest BCUT2D eigenvalue weighted by atomic mass is 10.1. The van der Waals surface area contributed by atoms with Gasteiger partial charge in [0.1, 0.15) is 12.4 Å². The summed E-state index contributed by atoms with van der Waals surface area (Å²) in [7, 11) is 1.56. The molecule has 0 unspecified atom stereocenters. The minimum Gasteiger partial charge on any atom is -0.496 e. The predicted molar refractivity (Wildman–Crippen MR) is 75.4 cm³/mol. The van der Waals surface area contributed by atoms with Crippen molar-refractivity contribution in [2.75, 3.05) is 26.8 Å². The predicted octanol–water partition coefficient (Wildman–Crippen LogP) is -0.503. The molecule has 0 radical (unpaired) electrons. The summed E-state index contributed by atoms with van der Waals surface area (Å²) in [6.07, 6.45) is 0. The van der Waals surface area contributed by atoms with Gasteiger partial charge in [0.25, 0.3) is 0 Å². The van der Waals surface area contributed by atoms with Crippen molar-refractivity contribution in [3.8, 4) is 17.6 Å². The number of carbonyl (C=O) groups excluding carboxylic acids is 2. The van der Waals surface area contributed by atoms with E-state index in [2.05, 4.69) is 17.2 Å². The highest BCUT2D eigenvalue weighted by Crippen LogP contribution is 2.21. The van der Waals surface area contributed by atoms with E-state index in [9.17, 15) is 9.59 Å². The Morgan fingerprint density at radius 1 is 1.33 bits per heavy atom. The first kappa shape index (κ1) is 15.0. The second-order valence-electron chi connectivity index (χ2n) is 4.60. The Morgan fingerprint density at radius 3 is 2.67 bits per heavy atom. The minimum atomic E-state index is -0.304. The van der Waals surface area contributed by atoms with Crippen molar-refractivity contribution in [3.63, 3.8) is 0 Å². The third-order valence-electron chi connectivity index (χ3n) is 3.00. The third-order valence-corrected chi connectivity index (χ3v) is 3.00. The number of carbonyl (C=O) groups is 2. The van der Waals surface area contributed by atoms with Crippen LogP contribution in [0.3, 0.4) is 0 Å². The summed E-state index contributed by atoms with van der Waals surface area (Å²) in [5.41, 5.74) is 1.58. The standard InChI is InChI=1S/C15H16N2O4/c1-21-13-5-4-11(3-2-6-18)7-12(13)8-17-9-14(19)16-15(20)10-17/h4-5,7,18H,6,8-10H2,1H3,(H,16,19,20). The second kappa shape index (κ2) is 6.88. The Labute approximate surface area is 122 Å². The summed E-state index contributed by atoms with van der Waals surface area (Å²) in [5, 5.41) is 11.0. The molecule has 1 fully saturated rings. The lowest BCUT2D eigenvalue weighted by Gasteiger charge is -2.25. The van der Waals surface area contributed by atoms with E-state index < -0.39 is 0 Å². The van der Waals surface area contributed by atoms with Crippen LogP contribution in [0.2, 0.25) is 0 Å². The Bertz CT molecular complexity index is 600. The lowest BCUT2D eigenvalue weighted by Crippen LogP contribution is -2.50. The number of piperazine rings is 1. The van der Waals surface area contributed by atoms with Crippen LogP contribution in [0.4, 0.5) is 0 Å². The zero-order valence-electron chi connectivity index (χ0n) is 11.7. The minimum absolute atomic E-state index is 0.168. The number of hydrogen-bond acceptors (Lipinski definition) is 5. The van der Waals surface area contributed by atoms with Crippen molar-refractivity contribution in [2.45, 2.75) is 6.54 Å². The molecule has 1 aliphatic heterocycles. The first-order chi connectivity index (χ1) is 10.1. The van der Waals surface area contributed by atoms with Crippen LogP contribution in [0, 0.1) is 11.8 Å². The molecule has 0 aromatic heterocycles. The number of aliphatic hydroxyl groups excluding tert-OH is 1. The van der Waals surface area contributed by atoms with Crippen molar-refractivity contribution in [2.24, 2.45) is 0 Å². The molecule has 6 heteroatoms. The fraction of sp³-hybridized carbons (Fsp3) is 0.333. The highest BCUT2D eigenvalue weighted by molar-refractivity contribution is 5.99. The molecule has 1 aromatic carbocycles. The van der Waals surface area contributed by atoms with Crippen LogP contribution in [-0.2, 0) is 16.1 Å². The molecule has 6 nitrogen and oxygen atoms in total. The van der Waals surface area contributed by atoms with Gasteiger partial charge in [-0.15, -0.1) is 0 Å². The van der Waals surface area contributed by atoms with Gasteiger partial charge in [-0.3, -0.25) is 19.8 Å². The van der Waals surface area contributed by atoms with Gasteiger partial charge in [0.15, 0.2) is 0 Å². The molecule has 2 rings (SSSR count). The highest BCUT2D eigenvalue weighted by Gasteiger charge is 2.23. The van der Waals surface area contributed by atoms with E-state index in [0.29, 0.717) is 12.3 Å². The van der Waals surface area contributed by atoms with Crippen LogP contribution in [0.5, 0.6) is 5.75 Å². The van der Waals surface area contributed by atoms with Crippen LogP contribution in [-0.4, -0.2) is 48.6 Å². The average Bonchev–Trinajstić information content (AvgIpc) is 2.44. The van der Waals surface area contributed by atoms with E-state index in [-0.39, 0.29) is 31.5 Å². The maximum absolute atomic E-state index is 11.4. The number of hydrogen-bond donors (Lipinski definition) is 2. The number of imide groups is 1. The molecular formula is C15H16N2O4. The first-order valence-electron chi connectivity index (χ1n) is 6.44. The van der Waals surface area contributed by atoms with Crippen LogP contribution in [0.15, 0.2) is 18.2 Å². The molecule has 2 N–H and O–H groups in total. The molecule has 0 bridgehead atoms. The van der Waals surface area contributed by atoms with Gasteiger partial charge >= 0.3 is 0 Å². The zero-order valence-corrected chi connectivity index (χ0v) is 11.7. The number of aliphatic hydroxyl groups is 1. The van der Waals surface area contributed by atoms with Crippen molar-refractivity contribution >= 4 is 11.8 Å². The molecule has 0 spiro atoms. The van der Waals surface area contributed by atoms with Crippen LogP contribution < -0.4 is 10.1 Å². The van der Waals surface area contributed by atoms with Crippen molar-refractivity contribution in [3.05, 3.63) is 29.3 Å². The van der Waals surface area contributed by atoms with Gasteiger partial charge in [-0.25, -0.2) is 0 Å². The van der Waals surface area contributed by atoms with Gasteiger partial charge in [-0.1, -0.05) is 11.8 Å². The summed E-state index contributed by atoms with van der Waals surface area (Å²) in [4.78, 5) is 24.5. The number of nitrogens with zero attached hydrogens (tertiary/aromatic N) is 1. The van der Waals surface area contributed by atoms with Crippen LogP contribution >= 0.6 is 0 Å². The molecule has 0 saturated carbocycles. The fourth-order valence-electron chi connectivity index (χ4n) is 2.17. The van der Waals surface area contributed by atoms with Crippen molar-refractivity contribution in [1.82, 2.24) is 10.2 Å². The SMILES string of the molecule is COc1ccc(C#CCO)cc1CN1CC(=O)NC(=O)C1. The molecule has 1 aromatic rings. The molecule has 0 atom stereocenters. The molecular weight excluding hydrogens is 272 g/mol. The van der Waals surface area contributed by atoms with E-state index in [4.69, 9.17) is 9.84 Å². The number of rotatable bonds is 3. The first-order valence-corrected chi connectivity index (χ1v) is 6.44. The monoisotopic (exact) mass is 288 g/mol. The number of amides is 2. The Hall–Kier alpha value is -2.36. The summed E-state index contributed by atoms with van der Waals surface area (Å²) >= 11 is 0. The highest BCUT2D eigenvalue weighted by atomic mass is 16.5. The summed E-state index contributed by atoms with van der Waals surface area (Å²) in [6, 6.07) is 5.40. The zero-order chi connectivity index (χ0) is 15.2. The summed E-state index contributed by atoms with van der Waals surface area (Å²) in [6.45, 7) is 0.544. The topological polar surface area (TPSA) is 78.9 Å². The quantitative estimate of drug-likeness (QED) is 0.579. The largest absolute Gasteiger partial charge is 0.496 e. The van der Waals surface area contributed by atoms with Crippen molar-refractivity contribution in [1.29, 1.82) is 0 Å². The molecule has 110 valence electrons. The number of methoxy groups -OCH3 is 1. The Morgan fingerprint density at radius 2 is 2.05 bits per heavy atom. The second-order valence-corrected chi connectivity index (χ2v) is 4.60. The molecule has 1 heterocycles. The molecule has 1 aliphatic rings. The molecule has 21 heavy (non-hydrogen) atoms. The normalized spacial score (nSPS) is 15.1. The van der Waals surface area contributed by atoms with E-state index in [1.807, 2.05) is 6.07 Å². The van der Waals surface area contributed by atoms with Crippen molar-refractivity contribution < 1.29 is 19.4 Å². The maximum atomic E-state index is 11.4. The smallest absolute Gasteiger partial charge is 0.240 e. The Balaban J connectivity index is 2.20. The van der Waals surface area contributed by atoms with Gasteiger partial charge < -0.3 is 9.84 Å². The van der Waals surface area contributed by atoms with E-state index in [0.717, 1.165) is 11.1 Å². The van der Waals surface area contributed by atoms with Gasteiger partial charge in [0.05, 0.1) is 20.2 Å². The molecule has 2 amide bonds. The third kappa shape index (κ3) is 4.05. The number of ether oxygens (including phenoxy) is 1. The van der Waals surface area contributed by atoms with Crippen LogP contribution in [0.1, 0.15) is 11.1 Å². The van der Waals surface area contributed by atoms with E-state index in [1.165, 1.54) is 0 Å². The summed E-state index contributed by atoms with van der Waals surface area (Å²) in [5.74, 6) is 5.46. The van der Waals surface area contributed by atoms with Gasteiger partial charge in [0, 0.05) is 17.7 Å². The number of nitrogens with one attached hydrogen (secondary N) is 1. The summed E-state index contributed by atoms with van der Waals surface area (Å²) < 4.78 is 5.29. The van der Waals surface area contributed by atoms with E-state index in [1.54, 1.807) is 24.1 Å². The van der Waals surface area contributed by atoms with Gasteiger partial charge in [-0.05, 0) is 18.2 Å². The number of benzene rings is 1. The lowest BCUT2D eigenvalue weighted by molar-refractivity contribution is -0.136. The van der Waals surface area contributed by atoms with Gasteiger partial charge in [0.2, 0.25) is 11.8 Å². The Kier molecular flexibility index (Phi) is 4.93. The average molecular weight is 288 g/mol. The molecule has 0 aliphatic carbocycles. The van der Waals surface area contributed by atoms with E-state index >= 15 is 0 Å². The maximum Gasteiger partial charge on any atom is 0.240 e. The van der Waals surface area contributed by atoms with Gasteiger partial charge in [-0.2, -0.15) is 0 Å². The fourth-order valence-corrected chi connectivity index (χ4v) is 2.17.